The van der Waals surface area contributed by atoms with Gasteiger partial charge in [0, 0.05) is 17.5 Å². The first kappa shape index (κ1) is 14.2. The Morgan fingerprint density at radius 2 is 1.74 bits per heavy atom. The predicted molar refractivity (Wildman–Crippen MR) is 82.6 cm³/mol. The quantitative estimate of drug-likeness (QED) is 0.872. The fourth-order valence-corrected chi connectivity index (χ4v) is 2.76. The van der Waals surface area contributed by atoms with Gasteiger partial charge in [-0.15, -0.1) is 11.3 Å². The van der Waals surface area contributed by atoms with Crippen LogP contribution in [0.15, 0.2) is 29.8 Å². The Balaban J connectivity index is 1.96. The van der Waals surface area contributed by atoms with Gasteiger partial charge in [0.15, 0.2) is 0 Å². The average molecular weight is 274 g/mol. The zero-order valence-corrected chi connectivity index (χ0v) is 12.9. The van der Waals surface area contributed by atoms with Crippen molar-refractivity contribution in [3.8, 4) is 0 Å². The number of aryl methyl sites for hydroxylation is 1. The minimum Gasteiger partial charge on any atom is -0.305 e. The number of hydrogen-bond donors (Lipinski definition) is 1. The molecule has 0 aliphatic carbocycles. The Morgan fingerprint density at radius 3 is 2.26 bits per heavy atom. The zero-order chi connectivity index (χ0) is 13.8. The van der Waals surface area contributed by atoms with Crippen LogP contribution in [0.2, 0.25) is 0 Å². The summed E-state index contributed by atoms with van der Waals surface area (Å²) in [6.07, 6.45) is 0. The number of thiazole rings is 1. The molecule has 0 spiro atoms. The molecule has 1 unspecified atom stereocenters. The van der Waals surface area contributed by atoms with Gasteiger partial charge >= 0.3 is 0 Å². The molecule has 0 aliphatic heterocycles. The van der Waals surface area contributed by atoms with Gasteiger partial charge in [0.05, 0.1) is 11.2 Å². The van der Waals surface area contributed by atoms with Crippen molar-refractivity contribution in [3.63, 3.8) is 0 Å². The average Bonchev–Trinajstić information content (AvgIpc) is 2.81. The van der Waals surface area contributed by atoms with Crippen molar-refractivity contribution in [1.82, 2.24) is 10.3 Å². The third-order valence-corrected chi connectivity index (χ3v) is 4.45. The second kappa shape index (κ2) is 6.31. The van der Waals surface area contributed by atoms with Crippen LogP contribution in [0.4, 0.5) is 0 Å². The third-order valence-electron chi connectivity index (χ3n) is 3.52. The lowest BCUT2D eigenvalue weighted by Crippen LogP contribution is -2.18. The number of nitrogens with zero attached hydrogens (tertiary/aromatic N) is 1. The van der Waals surface area contributed by atoms with E-state index in [2.05, 4.69) is 62.3 Å². The Labute approximate surface area is 119 Å². The Hall–Kier alpha value is -1.19. The Kier molecular flexibility index (Phi) is 4.72. The van der Waals surface area contributed by atoms with Crippen LogP contribution in [0.5, 0.6) is 0 Å². The summed E-state index contributed by atoms with van der Waals surface area (Å²) in [5.41, 5.74) is 5.79. The maximum atomic E-state index is 4.28. The third kappa shape index (κ3) is 3.64. The predicted octanol–water partition coefficient (Wildman–Crippen LogP) is 4.43. The van der Waals surface area contributed by atoms with Crippen LogP contribution < -0.4 is 5.32 Å². The molecule has 0 fully saturated rings. The molecule has 1 aromatic heterocycles. The van der Waals surface area contributed by atoms with Gasteiger partial charge in [-0.1, -0.05) is 38.1 Å². The molecule has 1 heterocycles. The summed E-state index contributed by atoms with van der Waals surface area (Å²) in [5, 5.41) is 3.56. The van der Waals surface area contributed by atoms with E-state index in [1.165, 1.54) is 16.0 Å². The largest absolute Gasteiger partial charge is 0.305 e. The molecule has 0 bridgehead atoms. The molecule has 0 saturated heterocycles. The van der Waals surface area contributed by atoms with Crippen LogP contribution in [-0.2, 0) is 6.54 Å². The maximum absolute atomic E-state index is 4.28. The summed E-state index contributed by atoms with van der Waals surface area (Å²) >= 11 is 1.72. The molecule has 1 N–H and O–H groups in total. The Morgan fingerprint density at radius 1 is 1.11 bits per heavy atom. The summed E-state index contributed by atoms with van der Waals surface area (Å²) < 4.78 is 0. The molecule has 0 saturated carbocycles. The van der Waals surface area contributed by atoms with Crippen LogP contribution in [0.25, 0.3) is 0 Å². The highest BCUT2D eigenvalue weighted by molar-refractivity contribution is 7.09. The van der Waals surface area contributed by atoms with Crippen molar-refractivity contribution in [1.29, 1.82) is 0 Å². The van der Waals surface area contributed by atoms with Crippen LogP contribution in [-0.4, -0.2) is 4.98 Å². The van der Waals surface area contributed by atoms with Crippen molar-refractivity contribution >= 4 is 11.3 Å². The SMILES string of the molecule is Cc1ncsc1CNC(C)c1ccc(C(C)C)cc1. The molecule has 0 amide bonds. The topological polar surface area (TPSA) is 24.9 Å². The van der Waals surface area contributed by atoms with Crippen LogP contribution >= 0.6 is 11.3 Å². The van der Waals surface area contributed by atoms with E-state index in [4.69, 9.17) is 0 Å². The number of nitrogens with one attached hydrogen (secondary N) is 1. The number of aromatic nitrogens is 1. The molecule has 2 aromatic rings. The van der Waals surface area contributed by atoms with E-state index in [-0.39, 0.29) is 0 Å². The summed E-state index contributed by atoms with van der Waals surface area (Å²) in [4.78, 5) is 5.60. The van der Waals surface area contributed by atoms with Gasteiger partial charge in [-0.2, -0.15) is 0 Å². The van der Waals surface area contributed by atoms with Crippen molar-refractivity contribution in [2.45, 2.75) is 46.2 Å². The highest BCUT2D eigenvalue weighted by Gasteiger charge is 2.07. The van der Waals surface area contributed by atoms with Crippen LogP contribution in [0.1, 0.15) is 54.4 Å². The van der Waals surface area contributed by atoms with E-state index < -0.39 is 0 Å². The van der Waals surface area contributed by atoms with Gasteiger partial charge in [0.2, 0.25) is 0 Å². The summed E-state index contributed by atoms with van der Waals surface area (Å²) in [5.74, 6) is 0.595. The molecular weight excluding hydrogens is 252 g/mol. The smallest absolute Gasteiger partial charge is 0.0798 e. The molecular formula is C16H22N2S. The van der Waals surface area contributed by atoms with Crippen LogP contribution in [0, 0.1) is 6.92 Å². The summed E-state index contributed by atoms with van der Waals surface area (Å²) in [6.45, 7) is 9.62. The van der Waals surface area contributed by atoms with Crippen molar-refractivity contribution in [2.24, 2.45) is 0 Å². The standard InChI is InChI=1S/C16H22N2S/c1-11(2)14-5-7-15(8-6-14)12(3)17-9-16-13(4)18-10-19-16/h5-8,10-12,17H,9H2,1-4H3. The summed E-state index contributed by atoms with van der Waals surface area (Å²) in [6, 6.07) is 9.29. The monoisotopic (exact) mass is 274 g/mol. The van der Waals surface area contributed by atoms with E-state index in [1.807, 2.05) is 5.51 Å². The van der Waals surface area contributed by atoms with Crippen molar-refractivity contribution in [2.75, 3.05) is 0 Å². The minimum atomic E-state index is 0.364. The lowest BCUT2D eigenvalue weighted by molar-refractivity contribution is 0.577. The lowest BCUT2D eigenvalue weighted by atomic mass is 9.99. The van der Waals surface area contributed by atoms with Gasteiger partial charge in [0.25, 0.3) is 0 Å². The molecule has 1 atom stereocenters. The number of rotatable bonds is 5. The first-order chi connectivity index (χ1) is 9.08. The van der Waals surface area contributed by atoms with E-state index in [0.717, 1.165) is 12.2 Å². The van der Waals surface area contributed by atoms with Gasteiger partial charge < -0.3 is 5.32 Å². The highest BCUT2D eigenvalue weighted by atomic mass is 32.1. The number of hydrogen-bond acceptors (Lipinski definition) is 3. The molecule has 0 aliphatic rings. The molecule has 2 nitrogen and oxygen atoms in total. The second-order valence-corrected chi connectivity index (χ2v) is 6.22. The van der Waals surface area contributed by atoms with Gasteiger partial charge in [-0.25, -0.2) is 4.98 Å². The lowest BCUT2D eigenvalue weighted by Gasteiger charge is -2.15. The number of benzene rings is 1. The molecule has 102 valence electrons. The fourth-order valence-electron chi connectivity index (χ4n) is 2.03. The zero-order valence-electron chi connectivity index (χ0n) is 12.1. The van der Waals surface area contributed by atoms with Gasteiger partial charge in [-0.3, -0.25) is 0 Å². The maximum Gasteiger partial charge on any atom is 0.0798 e. The first-order valence-corrected chi connectivity index (χ1v) is 7.68. The highest BCUT2D eigenvalue weighted by Crippen LogP contribution is 2.19. The van der Waals surface area contributed by atoms with E-state index >= 15 is 0 Å². The van der Waals surface area contributed by atoms with Crippen molar-refractivity contribution in [3.05, 3.63) is 51.5 Å². The molecule has 3 heteroatoms. The molecule has 19 heavy (non-hydrogen) atoms. The van der Waals surface area contributed by atoms with Gasteiger partial charge in [0.1, 0.15) is 0 Å². The normalized spacial score (nSPS) is 12.9. The first-order valence-electron chi connectivity index (χ1n) is 6.80. The fraction of sp³-hybridized carbons (Fsp3) is 0.438. The van der Waals surface area contributed by atoms with E-state index in [0.29, 0.717) is 12.0 Å². The van der Waals surface area contributed by atoms with E-state index in [1.54, 1.807) is 11.3 Å². The van der Waals surface area contributed by atoms with Crippen molar-refractivity contribution < 1.29 is 0 Å². The molecule has 1 aromatic carbocycles. The van der Waals surface area contributed by atoms with Gasteiger partial charge in [-0.05, 0) is 30.9 Å². The van der Waals surface area contributed by atoms with E-state index in [9.17, 15) is 0 Å². The van der Waals surface area contributed by atoms with Crippen LogP contribution in [0.3, 0.4) is 0 Å². The minimum absolute atomic E-state index is 0.364. The Bertz CT molecular complexity index is 514. The molecule has 0 radical (unpaired) electrons. The second-order valence-electron chi connectivity index (χ2n) is 5.28. The summed E-state index contributed by atoms with van der Waals surface area (Å²) in [7, 11) is 0. The molecule has 2 rings (SSSR count).